The number of hydrogen-bond donors (Lipinski definition) is 1. The fourth-order valence-corrected chi connectivity index (χ4v) is 4.76. The van der Waals surface area contributed by atoms with E-state index in [0.717, 1.165) is 19.4 Å². The number of thiophene rings is 1. The van der Waals surface area contributed by atoms with Crippen molar-refractivity contribution in [2.24, 2.45) is 11.1 Å². The Morgan fingerprint density at radius 3 is 2.85 bits per heavy atom. The first-order valence-corrected chi connectivity index (χ1v) is 8.70. The number of hydrogen-bond acceptors (Lipinski definition) is 2. The molecule has 20 heavy (non-hydrogen) atoms. The monoisotopic (exact) mass is 352 g/mol. The van der Waals surface area contributed by atoms with Crippen LogP contribution in [0, 0.1) is 12.3 Å². The minimum Gasteiger partial charge on any atom is -0.343 e. The molecule has 0 spiro atoms. The van der Waals surface area contributed by atoms with E-state index in [9.17, 15) is 0 Å². The van der Waals surface area contributed by atoms with Gasteiger partial charge in [-0.2, -0.15) is 0 Å². The average molecular weight is 353 g/mol. The number of rotatable bonds is 2. The zero-order valence-corrected chi connectivity index (χ0v) is 14.6. The second-order valence-electron chi connectivity index (χ2n) is 6.66. The first-order valence-electron chi connectivity index (χ1n) is 7.03. The Morgan fingerprint density at radius 2 is 2.20 bits per heavy atom. The van der Waals surface area contributed by atoms with Crippen LogP contribution >= 0.6 is 27.3 Å². The quantitative estimate of drug-likeness (QED) is 0.838. The van der Waals surface area contributed by atoms with Gasteiger partial charge in [0.15, 0.2) is 0 Å². The third-order valence-electron chi connectivity index (χ3n) is 4.20. The van der Waals surface area contributed by atoms with Crippen LogP contribution < -0.4 is 5.73 Å². The first kappa shape index (κ1) is 14.4. The molecule has 1 aliphatic rings. The third kappa shape index (κ3) is 2.61. The molecule has 2 aromatic heterocycles. The van der Waals surface area contributed by atoms with E-state index < -0.39 is 0 Å². The van der Waals surface area contributed by atoms with Crippen molar-refractivity contribution in [2.75, 3.05) is 0 Å². The summed E-state index contributed by atoms with van der Waals surface area (Å²) in [6.07, 6.45) is 2.20. The summed E-state index contributed by atoms with van der Waals surface area (Å²) in [5.41, 5.74) is 10.8. The molecule has 2 aromatic rings. The summed E-state index contributed by atoms with van der Waals surface area (Å²) in [7, 11) is 0. The van der Waals surface area contributed by atoms with Crippen molar-refractivity contribution in [2.45, 2.75) is 46.2 Å². The first-order chi connectivity index (χ1) is 9.35. The van der Waals surface area contributed by atoms with Gasteiger partial charge in [0, 0.05) is 32.2 Å². The predicted molar refractivity (Wildman–Crippen MR) is 89.3 cm³/mol. The highest BCUT2D eigenvalue weighted by atomic mass is 79.9. The Kier molecular flexibility index (Phi) is 3.59. The topological polar surface area (TPSA) is 30.9 Å². The molecular formula is C16H21BrN2S. The van der Waals surface area contributed by atoms with E-state index in [0.29, 0.717) is 5.41 Å². The molecule has 0 aromatic carbocycles. The number of nitrogens with two attached hydrogens (primary N) is 1. The normalized spacial score (nSPS) is 20.9. The van der Waals surface area contributed by atoms with E-state index >= 15 is 0 Å². The second kappa shape index (κ2) is 5.00. The summed E-state index contributed by atoms with van der Waals surface area (Å²) in [5.74, 6) is 0. The molecule has 0 aliphatic heterocycles. The van der Waals surface area contributed by atoms with Crippen LogP contribution in [-0.4, -0.2) is 4.57 Å². The lowest BCUT2D eigenvalue weighted by Gasteiger charge is -2.34. The van der Waals surface area contributed by atoms with E-state index in [2.05, 4.69) is 58.8 Å². The highest BCUT2D eigenvalue weighted by Crippen LogP contribution is 2.41. The minimum atomic E-state index is 0.184. The molecule has 3 rings (SSSR count). The van der Waals surface area contributed by atoms with E-state index in [-0.39, 0.29) is 6.04 Å². The van der Waals surface area contributed by atoms with E-state index in [1.807, 2.05) is 11.3 Å². The fraction of sp³-hybridized carbons (Fsp3) is 0.500. The predicted octanol–water partition coefficient (Wildman–Crippen LogP) is 4.64. The van der Waals surface area contributed by atoms with Gasteiger partial charge in [0.1, 0.15) is 0 Å². The van der Waals surface area contributed by atoms with Gasteiger partial charge in [0.25, 0.3) is 0 Å². The van der Waals surface area contributed by atoms with E-state index in [1.54, 1.807) is 0 Å². The molecule has 4 heteroatoms. The van der Waals surface area contributed by atoms with Gasteiger partial charge in [0.2, 0.25) is 0 Å². The van der Waals surface area contributed by atoms with Gasteiger partial charge in [-0.25, -0.2) is 0 Å². The number of fused-ring (bicyclic) bond motifs is 1. The fourth-order valence-electron chi connectivity index (χ4n) is 3.32. The van der Waals surface area contributed by atoms with Gasteiger partial charge in [-0.3, -0.25) is 0 Å². The van der Waals surface area contributed by atoms with Crippen LogP contribution in [0.1, 0.15) is 48.1 Å². The number of aromatic nitrogens is 1. The molecule has 1 aliphatic carbocycles. The van der Waals surface area contributed by atoms with E-state index in [1.165, 1.54) is 26.3 Å². The maximum absolute atomic E-state index is 6.38. The molecule has 108 valence electrons. The van der Waals surface area contributed by atoms with Crippen LogP contribution in [0.4, 0.5) is 0 Å². The lowest BCUT2D eigenvalue weighted by atomic mass is 9.74. The Hall–Kier alpha value is -0.580. The molecule has 0 amide bonds. The Labute approximate surface area is 133 Å². The molecule has 0 fully saturated rings. The maximum Gasteiger partial charge on any atom is 0.0569 e. The van der Waals surface area contributed by atoms with Gasteiger partial charge in [-0.1, -0.05) is 13.8 Å². The van der Waals surface area contributed by atoms with Crippen molar-refractivity contribution >= 4 is 27.3 Å². The Bertz CT molecular complexity index is 639. The molecule has 1 unspecified atom stereocenters. The van der Waals surface area contributed by atoms with Crippen LogP contribution in [-0.2, 0) is 13.0 Å². The Balaban J connectivity index is 2.00. The lowest BCUT2D eigenvalue weighted by molar-refractivity contribution is 0.276. The molecule has 2 heterocycles. The number of aryl methyl sites for hydroxylation is 1. The van der Waals surface area contributed by atoms with Gasteiger partial charge in [-0.15, -0.1) is 11.3 Å². The van der Waals surface area contributed by atoms with Crippen LogP contribution in [0.3, 0.4) is 0 Å². The third-order valence-corrected chi connectivity index (χ3v) is 5.89. The smallest absolute Gasteiger partial charge is 0.0569 e. The largest absolute Gasteiger partial charge is 0.343 e. The molecule has 0 saturated heterocycles. The van der Waals surface area contributed by atoms with Gasteiger partial charge >= 0.3 is 0 Å². The zero-order chi connectivity index (χ0) is 14.5. The summed E-state index contributed by atoms with van der Waals surface area (Å²) < 4.78 is 3.63. The molecule has 0 bridgehead atoms. The summed E-state index contributed by atoms with van der Waals surface area (Å²) in [6.45, 7) is 7.80. The highest BCUT2D eigenvalue weighted by molar-refractivity contribution is 9.10. The summed E-state index contributed by atoms with van der Waals surface area (Å²) in [6, 6.07) is 4.69. The minimum absolute atomic E-state index is 0.184. The zero-order valence-electron chi connectivity index (χ0n) is 12.2. The lowest BCUT2D eigenvalue weighted by Crippen LogP contribution is -2.30. The maximum atomic E-state index is 6.38. The van der Waals surface area contributed by atoms with E-state index in [4.69, 9.17) is 5.73 Å². The van der Waals surface area contributed by atoms with Crippen molar-refractivity contribution < 1.29 is 0 Å². The van der Waals surface area contributed by atoms with Crippen LogP contribution in [0.5, 0.6) is 0 Å². The van der Waals surface area contributed by atoms with Crippen molar-refractivity contribution in [1.29, 1.82) is 0 Å². The van der Waals surface area contributed by atoms with Gasteiger partial charge in [0.05, 0.1) is 6.54 Å². The van der Waals surface area contributed by atoms with Crippen molar-refractivity contribution in [3.63, 3.8) is 0 Å². The van der Waals surface area contributed by atoms with Gasteiger partial charge < -0.3 is 10.3 Å². The SMILES string of the molecule is Cc1cc2c(n1Cc1cc(Br)cs1)CC(C)(C)CC2N. The van der Waals surface area contributed by atoms with Crippen LogP contribution in [0.15, 0.2) is 22.0 Å². The highest BCUT2D eigenvalue weighted by Gasteiger charge is 2.33. The second-order valence-corrected chi connectivity index (χ2v) is 8.57. The summed E-state index contributed by atoms with van der Waals surface area (Å²) >= 11 is 5.35. The standard InChI is InChI=1S/C16H21BrN2S/c1-10-4-13-14(18)6-16(2,3)7-15(13)19(10)8-12-5-11(17)9-20-12/h4-5,9,14H,6-8,18H2,1-3H3. The van der Waals surface area contributed by atoms with Crippen molar-refractivity contribution in [3.05, 3.63) is 43.8 Å². The van der Waals surface area contributed by atoms with Crippen molar-refractivity contribution in [1.82, 2.24) is 4.57 Å². The van der Waals surface area contributed by atoms with Gasteiger partial charge in [-0.05, 0) is 58.8 Å². The molecule has 2 nitrogen and oxygen atoms in total. The molecule has 2 N–H and O–H groups in total. The molecule has 0 saturated carbocycles. The molecular weight excluding hydrogens is 332 g/mol. The van der Waals surface area contributed by atoms with Crippen molar-refractivity contribution in [3.8, 4) is 0 Å². The van der Waals surface area contributed by atoms with Crippen LogP contribution in [0.2, 0.25) is 0 Å². The molecule has 0 radical (unpaired) electrons. The Morgan fingerprint density at radius 1 is 1.45 bits per heavy atom. The van der Waals surface area contributed by atoms with Crippen LogP contribution in [0.25, 0.3) is 0 Å². The summed E-state index contributed by atoms with van der Waals surface area (Å²) in [5, 5.41) is 2.15. The number of nitrogens with zero attached hydrogens (tertiary/aromatic N) is 1. The molecule has 1 atom stereocenters. The average Bonchev–Trinajstić information content (AvgIpc) is 2.86. The number of halogens is 1. The summed E-state index contributed by atoms with van der Waals surface area (Å²) in [4.78, 5) is 1.38.